The summed E-state index contributed by atoms with van der Waals surface area (Å²) < 4.78 is 14.9. The second-order valence-corrected chi connectivity index (χ2v) is 14.3. The maximum absolute atomic E-state index is 14.0. The quantitative estimate of drug-likeness (QED) is 0.248. The number of hydrogen-bond donors (Lipinski definition) is 2. The van der Waals surface area contributed by atoms with Gasteiger partial charge in [0.25, 0.3) is 5.91 Å². The van der Waals surface area contributed by atoms with Crippen LogP contribution in [0.25, 0.3) is 26.9 Å². The molecule has 0 unspecified atom stereocenters. The van der Waals surface area contributed by atoms with Crippen molar-refractivity contribution in [2.75, 3.05) is 36.8 Å². The predicted octanol–water partition coefficient (Wildman–Crippen LogP) is 5.16. The number of rotatable bonds is 6. The fraction of sp³-hybridized carbons (Fsp3) is 0.412. The van der Waals surface area contributed by atoms with Crippen LogP contribution in [0, 0.1) is 0 Å². The summed E-state index contributed by atoms with van der Waals surface area (Å²) in [6, 6.07) is 9.87. The Hall–Kier alpha value is -4.98. The highest BCUT2D eigenvalue weighted by Crippen LogP contribution is 2.40. The number of nitrogen functional groups attached to an aromatic ring is 1. The Morgan fingerprint density at radius 3 is 2.58 bits per heavy atom. The Balaban J connectivity index is 1.08. The Morgan fingerprint density at radius 2 is 1.81 bits per heavy atom. The SMILES string of the molecule is CC(C)(C)OC(=O)N1CCC(Oc2c(C(=O)N[C@@H]3CCCN(c4cc(-c5cncnc5)n5ncnc(N)c45)C3)sc3ccccc23)CC1. The van der Waals surface area contributed by atoms with Crippen LogP contribution in [0.5, 0.6) is 5.75 Å². The zero-order chi connectivity index (χ0) is 33.4. The number of nitrogens with zero attached hydrogens (tertiary/aromatic N) is 7. The molecule has 48 heavy (non-hydrogen) atoms. The number of hydrogen-bond acceptors (Lipinski definition) is 11. The van der Waals surface area contributed by atoms with Gasteiger partial charge in [-0.15, -0.1) is 11.3 Å². The number of carbonyl (C=O) groups is 2. The molecular weight excluding hydrogens is 630 g/mol. The molecule has 1 aromatic carbocycles. The van der Waals surface area contributed by atoms with Gasteiger partial charge in [-0.05, 0) is 51.8 Å². The summed E-state index contributed by atoms with van der Waals surface area (Å²) in [5.74, 6) is 0.823. The van der Waals surface area contributed by atoms with E-state index < -0.39 is 5.60 Å². The Morgan fingerprint density at radius 1 is 1.04 bits per heavy atom. The minimum Gasteiger partial charge on any atom is -0.488 e. The van der Waals surface area contributed by atoms with Gasteiger partial charge in [0.1, 0.15) is 34.8 Å². The number of fused-ring (bicyclic) bond motifs is 2. The van der Waals surface area contributed by atoms with E-state index in [1.165, 1.54) is 24.0 Å². The number of benzene rings is 1. The van der Waals surface area contributed by atoms with Crippen LogP contribution in [0.2, 0.25) is 0 Å². The van der Waals surface area contributed by atoms with E-state index in [-0.39, 0.29) is 24.1 Å². The molecule has 13 nitrogen and oxygen atoms in total. The van der Waals surface area contributed by atoms with Gasteiger partial charge in [0, 0.05) is 73.1 Å². The molecule has 250 valence electrons. The topological polar surface area (TPSA) is 153 Å². The van der Waals surface area contributed by atoms with E-state index in [9.17, 15) is 9.59 Å². The molecule has 7 rings (SSSR count). The van der Waals surface area contributed by atoms with Crippen molar-refractivity contribution < 1.29 is 19.1 Å². The monoisotopic (exact) mass is 669 g/mol. The summed E-state index contributed by atoms with van der Waals surface area (Å²) in [6.45, 7) is 8.05. The predicted molar refractivity (Wildman–Crippen MR) is 184 cm³/mol. The van der Waals surface area contributed by atoms with Crippen LogP contribution in [-0.4, -0.2) is 85.4 Å². The first-order valence-corrected chi connectivity index (χ1v) is 17.1. The second-order valence-electron chi connectivity index (χ2n) is 13.2. The molecule has 0 radical (unpaired) electrons. The lowest BCUT2D eigenvalue weighted by Crippen LogP contribution is -2.47. The van der Waals surface area contributed by atoms with E-state index in [0.29, 0.717) is 54.4 Å². The number of likely N-dealkylation sites (tertiary alicyclic amines) is 1. The highest BCUT2D eigenvalue weighted by Gasteiger charge is 2.31. The van der Waals surface area contributed by atoms with E-state index in [2.05, 4.69) is 30.3 Å². The zero-order valence-electron chi connectivity index (χ0n) is 27.3. The molecule has 14 heteroatoms. The van der Waals surface area contributed by atoms with Gasteiger partial charge in [0.2, 0.25) is 0 Å². The maximum Gasteiger partial charge on any atom is 0.410 e. The summed E-state index contributed by atoms with van der Waals surface area (Å²) >= 11 is 1.44. The number of piperidine rings is 2. The van der Waals surface area contributed by atoms with Crippen LogP contribution in [0.15, 0.2) is 55.4 Å². The Labute approximate surface area is 282 Å². The summed E-state index contributed by atoms with van der Waals surface area (Å²) in [5, 5.41) is 8.71. The lowest BCUT2D eigenvalue weighted by atomic mass is 10.0. The van der Waals surface area contributed by atoms with E-state index in [1.54, 1.807) is 21.8 Å². The number of anilines is 2. The van der Waals surface area contributed by atoms with Crippen LogP contribution >= 0.6 is 11.3 Å². The van der Waals surface area contributed by atoms with Crippen molar-refractivity contribution in [2.45, 2.75) is 64.2 Å². The number of aromatic nitrogens is 5. The molecule has 2 aliphatic heterocycles. The van der Waals surface area contributed by atoms with E-state index >= 15 is 0 Å². The molecule has 0 spiro atoms. The minimum atomic E-state index is -0.546. The van der Waals surface area contributed by atoms with E-state index in [0.717, 1.165) is 46.4 Å². The second kappa shape index (κ2) is 12.9. The smallest absolute Gasteiger partial charge is 0.410 e. The number of nitrogens with two attached hydrogens (primary N) is 1. The normalized spacial score (nSPS) is 17.5. The maximum atomic E-state index is 14.0. The molecule has 2 fully saturated rings. The summed E-state index contributed by atoms with van der Waals surface area (Å²) in [6.07, 6.45) is 8.99. The number of nitrogens with one attached hydrogen (secondary N) is 1. The first-order chi connectivity index (χ1) is 23.1. The molecule has 2 aliphatic rings. The molecular formula is C34H39N9O4S. The van der Waals surface area contributed by atoms with E-state index in [4.69, 9.17) is 15.2 Å². The van der Waals surface area contributed by atoms with Crippen molar-refractivity contribution in [1.29, 1.82) is 0 Å². The molecule has 0 aliphatic carbocycles. The van der Waals surface area contributed by atoms with Gasteiger partial charge in [-0.3, -0.25) is 4.79 Å². The fourth-order valence-electron chi connectivity index (χ4n) is 6.43. The third kappa shape index (κ3) is 6.44. The lowest BCUT2D eigenvalue weighted by Gasteiger charge is -2.34. The summed E-state index contributed by atoms with van der Waals surface area (Å²) in [7, 11) is 0. The average molecular weight is 670 g/mol. The minimum absolute atomic E-state index is 0.106. The van der Waals surface area contributed by atoms with Gasteiger partial charge in [-0.1, -0.05) is 12.1 Å². The van der Waals surface area contributed by atoms with Crippen molar-refractivity contribution >= 4 is 50.4 Å². The third-order valence-electron chi connectivity index (χ3n) is 8.65. The summed E-state index contributed by atoms with van der Waals surface area (Å²) in [4.78, 5) is 43.7. The molecule has 0 saturated carbocycles. The number of thiophene rings is 1. The van der Waals surface area contributed by atoms with Crippen molar-refractivity contribution in [3.05, 3.63) is 60.3 Å². The first-order valence-electron chi connectivity index (χ1n) is 16.2. The molecule has 5 aromatic rings. The first kappa shape index (κ1) is 31.6. The molecule has 6 heterocycles. The number of carbonyl (C=O) groups excluding carboxylic acids is 2. The van der Waals surface area contributed by atoms with Crippen LogP contribution in [0.4, 0.5) is 16.3 Å². The third-order valence-corrected chi connectivity index (χ3v) is 9.80. The van der Waals surface area contributed by atoms with Crippen LogP contribution in [0.1, 0.15) is 56.1 Å². The molecule has 4 aromatic heterocycles. The average Bonchev–Trinajstić information content (AvgIpc) is 3.65. The number of ether oxygens (including phenoxy) is 2. The van der Waals surface area contributed by atoms with Gasteiger partial charge < -0.3 is 30.3 Å². The zero-order valence-corrected chi connectivity index (χ0v) is 28.1. The largest absolute Gasteiger partial charge is 0.488 e. The van der Waals surface area contributed by atoms with Crippen LogP contribution in [-0.2, 0) is 4.74 Å². The van der Waals surface area contributed by atoms with Crippen LogP contribution in [0.3, 0.4) is 0 Å². The highest BCUT2D eigenvalue weighted by molar-refractivity contribution is 7.21. The van der Waals surface area contributed by atoms with Crippen LogP contribution < -0.4 is 20.7 Å². The van der Waals surface area contributed by atoms with Crippen molar-refractivity contribution in [1.82, 2.24) is 34.8 Å². The van der Waals surface area contributed by atoms with E-state index in [1.807, 2.05) is 51.1 Å². The van der Waals surface area contributed by atoms with Crippen molar-refractivity contribution in [3.8, 4) is 17.0 Å². The molecule has 2 amide bonds. The van der Waals surface area contributed by atoms with Gasteiger partial charge >= 0.3 is 6.09 Å². The molecule has 0 bridgehead atoms. The molecule has 1 atom stereocenters. The Kier molecular flexibility index (Phi) is 8.50. The Bertz CT molecular complexity index is 1950. The van der Waals surface area contributed by atoms with Gasteiger partial charge in [-0.2, -0.15) is 5.10 Å². The fourth-order valence-corrected chi connectivity index (χ4v) is 7.47. The lowest BCUT2D eigenvalue weighted by molar-refractivity contribution is 0.0128. The standard InChI is InChI=1S/C34H39N9O4S/c1-34(2,3)47-33(45)41-13-10-23(11-14-41)46-29-24-8-4-5-9-27(24)48-30(29)32(44)40-22-7-6-12-42(18-22)26-15-25(21-16-36-19-37-17-21)43-28(26)31(35)38-20-39-43/h4-5,8-9,15-17,19-20,22-23H,6-7,10-14,18H2,1-3H3,(H,40,44)(H2,35,38,39)/t22-/m1/s1. The molecule has 2 saturated heterocycles. The highest BCUT2D eigenvalue weighted by atomic mass is 32.1. The molecule has 3 N–H and O–H groups in total. The van der Waals surface area contributed by atoms with Crippen molar-refractivity contribution in [2.24, 2.45) is 0 Å². The van der Waals surface area contributed by atoms with Gasteiger partial charge in [-0.25, -0.2) is 24.3 Å². The summed E-state index contributed by atoms with van der Waals surface area (Å²) in [5.41, 5.74) is 9.07. The van der Waals surface area contributed by atoms with Gasteiger partial charge in [0.15, 0.2) is 11.6 Å². The number of amides is 2. The van der Waals surface area contributed by atoms with Gasteiger partial charge in [0.05, 0.1) is 11.4 Å². The van der Waals surface area contributed by atoms with Crippen molar-refractivity contribution in [3.63, 3.8) is 0 Å².